The first-order valence-electron chi connectivity index (χ1n) is 5.13. The monoisotopic (exact) mass is 297 g/mol. The Morgan fingerprint density at radius 1 is 0.824 bits per heavy atom. The number of nitrogens with two attached hydrogens (primary N) is 2. The van der Waals surface area contributed by atoms with E-state index in [9.17, 15) is 0 Å². The molecule has 0 bridgehead atoms. The Kier molecular flexibility index (Phi) is 36.5. The Morgan fingerprint density at radius 2 is 1.00 bits per heavy atom. The summed E-state index contributed by atoms with van der Waals surface area (Å²) in [5.41, 5.74) is 10.6. The smallest absolute Gasteiger partial charge is 0.550 e. The van der Waals surface area contributed by atoms with Crippen LogP contribution >= 0.6 is 0 Å². The summed E-state index contributed by atoms with van der Waals surface area (Å²) >= 11 is 0. The standard InChI is InChI=1S/C6H16N2.2C2H4O2.Cu/c7-5-3-1-2-4-6-8;2*1-2(3)4;/h1-8H2;2*1H3,(H,3,4);/q;;;+2/p-2. The molecule has 0 heterocycles. The van der Waals surface area contributed by atoms with E-state index in [0.29, 0.717) is 0 Å². The molecular formula is C10H22CuN2O4. The molecule has 0 aliphatic heterocycles. The van der Waals surface area contributed by atoms with Gasteiger partial charge in [-0.3, -0.25) is 0 Å². The molecule has 0 atom stereocenters. The van der Waals surface area contributed by atoms with Crippen molar-refractivity contribution in [1.29, 1.82) is 0 Å². The van der Waals surface area contributed by atoms with Gasteiger partial charge in [-0.05, 0) is 39.8 Å². The van der Waals surface area contributed by atoms with Crippen LogP contribution in [0.2, 0.25) is 0 Å². The molecule has 1 radical (unpaired) electrons. The molecule has 0 aliphatic carbocycles. The maximum Gasteiger partial charge on any atom is 2.00 e. The summed E-state index contributed by atoms with van der Waals surface area (Å²) in [7, 11) is 0. The van der Waals surface area contributed by atoms with E-state index in [1.165, 1.54) is 12.8 Å². The van der Waals surface area contributed by atoms with E-state index in [1.54, 1.807) is 0 Å². The number of hydrogen-bond donors (Lipinski definition) is 2. The van der Waals surface area contributed by atoms with Crippen molar-refractivity contribution in [3.63, 3.8) is 0 Å². The third kappa shape index (κ3) is 144. The molecule has 0 unspecified atom stereocenters. The Balaban J connectivity index is -0.0000000806. The summed E-state index contributed by atoms with van der Waals surface area (Å²) < 4.78 is 0. The maximum absolute atomic E-state index is 8.89. The van der Waals surface area contributed by atoms with Gasteiger partial charge in [0.05, 0.1) is 0 Å². The molecule has 0 saturated heterocycles. The number of carboxylic acid groups (broad SMARTS) is 2. The molecule has 17 heavy (non-hydrogen) atoms. The Labute approximate surface area is 113 Å². The van der Waals surface area contributed by atoms with Crippen molar-refractivity contribution in [2.75, 3.05) is 13.1 Å². The molecule has 0 rings (SSSR count). The third-order valence-electron chi connectivity index (χ3n) is 1.16. The molecule has 4 N–H and O–H groups in total. The van der Waals surface area contributed by atoms with Gasteiger partial charge in [0.25, 0.3) is 0 Å². The second kappa shape index (κ2) is 24.6. The molecule has 0 saturated carbocycles. The normalized spacial score (nSPS) is 7.53. The van der Waals surface area contributed by atoms with Crippen LogP contribution in [0.5, 0.6) is 0 Å². The van der Waals surface area contributed by atoms with E-state index >= 15 is 0 Å². The second-order valence-electron chi connectivity index (χ2n) is 2.97. The van der Waals surface area contributed by atoms with E-state index in [1.807, 2.05) is 0 Å². The van der Waals surface area contributed by atoms with Crippen LogP contribution < -0.4 is 21.7 Å². The zero-order valence-electron chi connectivity index (χ0n) is 10.3. The van der Waals surface area contributed by atoms with E-state index in [0.717, 1.165) is 39.8 Å². The van der Waals surface area contributed by atoms with Gasteiger partial charge in [-0.2, -0.15) is 0 Å². The van der Waals surface area contributed by atoms with Crippen molar-refractivity contribution in [2.24, 2.45) is 11.5 Å². The van der Waals surface area contributed by atoms with E-state index in [4.69, 9.17) is 31.3 Å². The number of carbonyl (C=O) groups is 2. The Bertz CT molecular complexity index is 142. The second-order valence-corrected chi connectivity index (χ2v) is 2.97. The largest absolute Gasteiger partial charge is 2.00 e. The number of rotatable bonds is 5. The van der Waals surface area contributed by atoms with Gasteiger partial charge in [-0.1, -0.05) is 12.8 Å². The number of unbranched alkanes of at least 4 members (excludes halogenated alkanes) is 3. The Hall–Kier alpha value is -0.621. The van der Waals surface area contributed by atoms with Crippen LogP contribution in [0.25, 0.3) is 0 Å². The van der Waals surface area contributed by atoms with Gasteiger partial charge in [0.2, 0.25) is 0 Å². The molecule has 6 nitrogen and oxygen atoms in total. The van der Waals surface area contributed by atoms with Crippen LogP contribution in [0.1, 0.15) is 39.5 Å². The fraction of sp³-hybridized carbons (Fsp3) is 0.800. The quantitative estimate of drug-likeness (QED) is 0.444. The van der Waals surface area contributed by atoms with Crippen LogP contribution in [-0.4, -0.2) is 25.0 Å². The molecule has 0 aromatic heterocycles. The van der Waals surface area contributed by atoms with Crippen molar-refractivity contribution in [2.45, 2.75) is 39.5 Å². The average Bonchev–Trinajstić information content (AvgIpc) is 2.11. The molecular weight excluding hydrogens is 276 g/mol. The van der Waals surface area contributed by atoms with Crippen molar-refractivity contribution in [3.05, 3.63) is 0 Å². The summed E-state index contributed by atoms with van der Waals surface area (Å²) in [4.78, 5) is 17.8. The SMILES string of the molecule is CC(=O)[O-].CC(=O)[O-].NCCCCCCN.[Cu+2]. The van der Waals surface area contributed by atoms with Crippen molar-refractivity contribution < 1.29 is 36.9 Å². The molecule has 0 spiro atoms. The van der Waals surface area contributed by atoms with Crippen LogP contribution in [0.3, 0.4) is 0 Å². The van der Waals surface area contributed by atoms with Crippen LogP contribution in [0.15, 0.2) is 0 Å². The van der Waals surface area contributed by atoms with Gasteiger partial charge in [0.1, 0.15) is 0 Å². The van der Waals surface area contributed by atoms with E-state index in [-0.39, 0.29) is 17.1 Å². The summed E-state index contributed by atoms with van der Waals surface area (Å²) in [6.45, 7) is 3.59. The van der Waals surface area contributed by atoms with Crippen LogP contribution in [0, 0.1) is 0 Å². The van der Waals surface area contributed by atoms with E-state index < -0.39 is 11.9 Å². The fourth-order valence-corrected chi connectivity index (χ4v) is 0.642. The van der Waals surface area contributed by atoms with Crippen LogP contribution in [-0.2, 0) is 26.7 Å². The van der Waals surface area contributed by atoms with Crippen molar-refractivity contribution >= 4 is 11.9 Å². The zero-order valence-corrected chi connectivity index (χ0v) is 11.3. The molecule has 0 fully saturated rings. The number of carbonyl (C=O) groups excluding carboxylic acids is 2. The minimum atomic E-state index is -1.08. The zero-order chi connectivity index (χ0) is 13.4. The Morgan fingerprint density at radius 3 is 1.12 bits per heavy atom. The molecule has 0 aromatic rings. The summed E-state index contributed by atoms with van der Waals surface area (Å²) in [5, 5.41) is 17.8. The number of carboxylic acids is 2. The summed E-state index contributed by atoms with van der Waals surface area (Å²) in [5.74, 6) is -2.17. The van der Waals surface area contributed by atoms with E-state index in [2.05, 4.69) is 0 Å². The predicted molar refractivity (Wildman–Crippen MR) is 57.9 cm³/mol. The first kappa shape index (κ1) is 25.3. The van der Waals surface area contributed by atoms with Gasteiger partial charge >= 0.3 is 17.1 Å². The molecule has 7 heteroatoms. The van der Waals surface area contributed by atoms with Gasteiger partial charge in [0, 0.05) is 11.9 Å². The number of aliphatic carboxylic acids is 2. The third-order valence-corrected chi connectivity index (χ3v) is 1.16. The molecule has 0 aliphatic rings. The number of hydrogen-bond acceptors (Lipinski definition) is 6. The minimum absolute atomic E-state index is 0. The van der Waals surface area contributed by atoms with Gasteiger partial charge in [-0.15, -0.1) is 0 Å². The topological polar surface area (TPSA) is 132 Å². The summed E-state index contributed by atoms with van der Waals surface area (Å²) in [6.07, 6.45) is 4.79. The first-order valence-corrected chi connectivity index (χ1v) is 5.13. The molecule has 0 amide bonds. The van der Waals surface area contributed by atoms with Crippen LogP contribution in [0.4, 0.5) is 0 Å². The summed E-state index contributed by atoms with van der Waals surface area (Å²) in [6, 6.07) is 0. The predicted octanol–water partition coefficient (Wildman–Crippen LogP) is -2.03. The molecule has 107 valence electrons. The van der Waals surface area contributed by atoms with Gasteiger partial charge < -0.3 is 31.3 Å². The van der Waals surface area contributed by atoms with Gasteiger partial charge in [0.15, 0.2) is 0 Å². The van der Waals surface area contributed by atoms with Gasteiger partial charge in [-0.25, -0.2) is 0 Å². The minimum Gasteiger partial charge on any atom is -0.550 e. The maximum atomic E-state index is 8.89. The van der Waals surface area contributed by atoms with Crippen molar-refractivity contribution in [1.82, 2.24) is 0 Å². The first-order chi connectivity index (χ1) is 7.38. The average molecular weight is 298 g/mol. The molecule has 0 aromatic carbocycles. The van der Waals surface area contributed by atoms with Crippen molar-refractivity contribution in [3.8, 4) is 0 Å². The fourth-order valence-electron chi connectivity index (χ4n) is 0.642.